The molecule has 0 aromatic heterocycles. The lowest BCUT2D eigenvalue weighted by molar-refractivity contribution is -0.318. The third-order valence-corrected chi connectivity index (χ3v) is 16.5. The van der Waals surface area contributed by atoms with E-state index in [0.717, 1.165) is 31.2 Å². The van der Waals surface area contributed by atoms with Crippen molar-refractivity contribution in [2.75, 3.05) is 40.8 Å². The molecular weight excluding hydrogens is 989 g/mol. The second kappa shape index (κ2) is 29.5. The summed E-state index contributed by atoms with van der Waals surface area (Å²) in [6, 6.07) is 9.31. The molecule has 3 heterocycles. The van der Waals surface area contributed by atoms with Crippen molar-refractivity contribution in [1.82, 2.24) is 20.4 Å². The van der Waals surface area contributed by atoms with Crippen LogP contribution in [0.25, 0.3) is 0 Å². The van der Waals surface area contributed by atoms with Crippen LogP contribution in [0.3, 0.4) is 0 Å². The van der Waals surface area contributed by atoms with Crippen LogP contribution < -0.4 is 10.6 Å². The van der Waals surface area contributed by atoms with E-state index in [2.05, 4.69) is 27.7 Å². The van der Waals surface area contributed by atoms with E-state index >= 15 is 0 Å². The first-order valence-corrected chi connectivity index (χ1v) is 27.7. The Balaban J connectivity index is 0.00000396. The Kier molecular flexibility index (Phi) is 25.5. The Morgan fingerprint density at radius 3 is 2.24 bits per heavy atom. The van der Waals surface area contributed by atoms with Crippen molar-refractivity contribution >= 4 is 29.8 Å². The number of thiocarbonyl (C=S) groups is 1. The normalized spacial score (nSPS) is 40.7. The molecule has 4 fully saturated rings. The quantitative estimate of drug-likeness (QED) is 0.0526. The number of nitrogens with one attached hydrogen (secondary N) is 2. The molecule has 5 rings (SSSR count). The summed E-state index contributed by atoms with van der Waals surface area (Å²) in [6.07, 6.45) is -4.02. The fourth-order valence-corrected chi connectivity index (χ4v) is 12.1. The molecular formula is C55H96N4O15S. The predicted molar refractivity (Wildman–Crippen MR) is 287 cm³/mol. The van der Waals surface area contributed by atoms with Gasteiger partial charge < -0.3 is 79.3 Å². The van der Waals surface area contributed by atoms with Gasteiger partial charge in [0.15, 0.2) is 17.7 Å². The molecule has 0 bridgehead atoms. The lowest BCUT2D eigenvalue weighted by Crippen LogP contribution is -2.60. The van der Waals surface area contributed by atoms with Gasteiger partial charge in [-0.1, -0.05) is 63.9 Å². The maximum Gasteiger partial charge on any atom is 0.311 e. The lowest BCUT2D eigenvalue weighted by Gasteiger charge is -2.48. The van der Waals surface area contributed by atoms with Crippen molar-refractivity contribution in [3.05, 3.63) is 35.9 Å². The number of aliphatic hydroxyl groups excluding tert-OH is 3. The van der Waals surface area contributed by atoms with E-state index in [1.54, 1.807) is 34.6 Å². The van der Waals surface area contributed by atoms with Crippen molar-refractivity contribution in [3.8, 4) is 0 Å². The number of methoxy groups -OCH3 is 1. The van der Waals surface area contributed by atoms with Gasteiger partial charge in [-0.15, -0.1) is 0 Å². The summed E-state index contributed by atoms with van der Waals surface area (Å²) in [5.74, 6) is -2.78. The highest BCUT2D eigenvalue weighted by Gasteiger charge is 2.53. The number of ether oxygens (including phenoxy) is 7. The van der Waals surface area contributed by atoms with E-state index in [0.29, 0.717) is 44.2 Å². The topological polar surface area (TPSA) is 251 Å². The molecule has 432 valence electrons. The molecule has 8 N–H and O–H groups in total. The zero-order valence-electron chi connectivity index (χ0n) is 47.1. The molecule has 20 heteroatoms. The number of rotatable bonds is 15. The monoisotopic (exact) mass is 1080 g/mol. The van der Waals surface area contributed by atoms with Gasteiger partial charge >= 0.3 is 5.97 Å². The number of nitrogens with zero attached hydrogens (tertiary/aromatic N) is 2. The molecule has 0 spiro atoms. The van der Waals surface area contributed by atoms with Crippen LogP contribution in [0.15, 0.2) is 30.3 Å². The van der Waals surface area contributed by atoms with Gasteiger partial charge in [-0.2, -0.15) is 0 Å². The van der Waals surface area contributed by atoms with Crippen molar-refractivity contribution in [3.63, 3.8) is 0 Å². The predicted octanol–water partition coefficient (Wildman–Crippen LogP) is 4.35. The van der Waals surface area contributed by atoms with Crippen molar-refractivity contribution in [1.29, 1.82) is 0 Å². The van der Waals surface area contributed by atoms with E-state index in [1.165, 1.54) is 14.0 Å². The Labute approximate surface area is 452 Å². The number of carbonyl (C=O) groups excluding carboxylic acids is 1. The van der Waals surface area contributed by atoms with Crippen molar-refractivity contribution < 1.29 is 73.4 Å². The number of benzene rings is 1. The highest BCUT2D eigenvalue weighted by molar-refractivity contribution is 7.80. The zero-order chi connectivity index (χ0) is 56.0. The Morgan fingerprint density at radius 2 is 1.61 bits per heavy atom. The minimum Gasteiger partial charge on any atom is -0.483 e. The highest BCUT2D eigenvalue weighted by atomic mass is 32.1. The van der Waals surface area contributed by atoms with E-state index in [4.69, 9.17) is 55.3 Å². The molecule has 75 heavy (non-hydrogen) atoms. The van der Waals surface area contributed by atoms with Gasteiger partial charge in [0.1, 0.15) is 30.0 Å². The summed E-state index contributed by atoms with van der Waals surface area (Å²) >= 11 is 5.82. The summed E-state index contributed by atoms with van der Waals surface area (Å²) < 4.78 is 44.7. The first kappa shape index (κ1) is 64.9. The van der Waals surface area contributed by atoms with Crippen LogP contribution in [0.5, 0.6) is 0 Å². The van der Waals surface area contributed by atoms with Crippen molar-refractivity contribution in [2.45, 2.75) is 236 Å². The standard InChI is InChI=1S/C54H94N4O13S.CH2O2/c1-14-42-54(10,64)46(60)36(6)58(26-20-25-55-51(72)56-39-23-18-19-24-41(39)66-31-38-21-16-15-17-22-38)30-32(2)28-52(8,63)48(71-50-44(59)40(57(11)12)27-33(3)67-50)34(4)45(35(5)49(62)69-42)70-43-29-53(9,65-13)47(61)37(7)68-43;2-1-3/h15-17,21-22,32-37,39-48,50,59-61,63-64H,14,18-20,23-31H2,1-13H3,(H2,55,56,72);1H,(H,2,3)/t32-,33-,34+,35-,36-,37+,39+,40+,41+,42-,43+,44-,45+,46-,47+,48-,50+,52-,53-,54-;/m1./s1. The van der Waals surface area contributed by atoms with Crippen LogP contribution in [0, 0.1) is 17.8 Å². The number of aliphatic hydroxyl groups is 5. The molecule has 4 aliphatic rings. The molecule has 1 aliphatic carbocycles. The minimum absolute atomic E-state index is 0.0317. The molecule has 0 amide bonds. The average molecular weight is 1090 g/mol. The fourth-order valence-electron chi connectivity index (χ4n) is 11.8. The number of carbonyl (C=O) groups is 2. The first-order chi connectivity index (χ1) is 35.2. The number of hydrogen-bond donors (Lipinski definition) is 8. The summed E-state index contributed by atoms with van der Waals surface area (Å²) in [6.45, 7) is 19.5. The van der Waals surface area contributed by atoms with E-state index in [9.17, 15) is 30.3 Å². The molecule has 1 aromatic rings. The number of esters is 1. The summed E-state index contributed by atoms with van der Waals surface area (Å²) in [7, 11) is 5.30. The number of carboxylic acid groups (broad SMARTS) is 1. The molecule has 0 unspecified atom stereocenters. The van der Waals surface area contributed by atoms with Gasteiger partial charge in [0.05, 0.1) is 60.3 Å². The summed E-state index contributed by atoms with van der Waals surface area (Å²) in [5.41, 5.74) is -3.44. The Hall–Kier alpha value is -2.67. The van der Waals surface area contributed by atoms with E-state index in [-0.39, 0.29) is 55.9 Å². The van der Waals surface area contributed by atoms with Crippen LogP contribution in [0.1, 0.15) is 133 Å². The maximum absolute atomic E-state index is 14.6. The third kappa shape index (κ3) is 17.7. The molecule has 1 saturated carbocycles. The van der Waals surface area contributed by atoms with Crippen LogP contribution >= 0.6 is 12.2 Å². The second-order valence-electron chi connectivity index (χ2n) is 22.8. The lowest BCUT2D eigenvalue weighted by atomic mass is 9.77. The molecule has 3 saturated heterocycles. The smallest absolute Gasteiger partial charge is 0.311 e. The van der Waals surface area contributed by atoms with Crippen LogP contribution in [0.2, 0.25) is 0 Å². The molecule has 1 aromatic carbocycles. The van der Waals surface area contributed by atoms with E-state index < -0.39 is 96.0 Å². The molecule has 19 nitrogen and oxygen atoms in total. The average Bonchev–Trinajstić information content (AvgIpc) is 3.36. The zero-order valence-corrected chi connectivity index (χ0v) is 47.9. The minimum atomic E-state index is -1.89. The molecule has 20 atom stereocenters. The SMILES string of the molecule is CC[C@H]1OC(=O)[C@H](C)[C@@H](O[C@H]2C[C@@](C)(OC)[C@@H](O)[C@H](C)O2)[C@H](C)[C@@H](O[C@@H]2O[C@H](C)C[C@H](N(C)C)[C@H]2O)[C@](C)(O)C[C@@H](C)CN(CCCNC(=S)N[C@H]2CCCC[C@@H]2OCc2ccccc2)[C@H](C)[C@@H](O)[C@]1(C)O.O=CO. The molecule has 3 aliphatic heterocycles. The number of hydrogen-bond acceptors (Lipinski definition) is 17. The first-order valence-electron chi connectivity index (χ1n) is 27.3. The van der Waals surface area contributed by atoms with Gasteiger partial charge in [0.2, 0.25) is 0 Å². The second-order valence-corrected chi connectivity index (χ2v) is 23.2. The maximum atomic E-state index is 14.6. The van der Waals surface area contributed by atoms with Gasteiger partial charge in [-0.05, 0) is 125 Å². The van der Waals surface area contributed by atoms with E-state index in [1.807, 2.05) is 64.9 Å². The van der Waals surface area contributed by atoms with Gasteiger partial charge in [0, 0.05) is 51.2 Å². The Bertz CT molecular complexity index is 1870. The van der Waals surface area contributed by atoms with Gasteiger partial charge in [-0.3, -0.25) is 14.5 Å². The van der Waals surface area contributed by atoms with Gasteiger partial charge in [0.25, 0.3) is 6.47 Å². The van der Waals surface area contributed by atoms with Crippen LogP contribution in [-0.4, -0.2) is 201 Å². The number of cyclic esters (lactones) is 1. The largest absolute Gasteiger partial charge is 0.483 e. The summed E-state index contributed by atoms with van der Waals surface area (Å²) in [5, 5.41) is 74.7. The van der Waals surface area contributed by atoms with Crippen molar-refractivity contribution in [2.24, 2.45) is 17.8 Å². The Morgan fingerprint density at radius 1 is 0.960 bits per heavy atom. The highest BCUT2D eigenvalue weighted by Crippen LogP contribution is 2.40. The summed E-state index contributed by atoms with van der Waals surface area (Å²) in [4.78, 5) is 27.0. The van der Waals surface area contributed by atoms with Gasteiger partial charge in [-0.25, -0.2) is 0 Å². The third-order valence-electron chi connectivity index (χ3n) is 16.3. The molecule has 0 radical (unpaired) electrons. The van der Waals surface area contributed by atoms with Crippen LogP contribution in [0.4, 0.5) is 0 Å². The van der Waals surface area contributed by atoms with Crippen LogP contribution in [-0.2, 0) is 49.4 Å². The number of likely N-dealkylation sites (N-methyl/N-ethyl adjacent to an activating group) is 1. The fraction of sp³-hybridized carbons (Fsp3) is 0.836.